The molecule has 0 radical (unpaired) electrons. The van der Waals surface area contributed by atoms with Gasteiger partial charge in [-0.15, -0.1) is 0 Å². The summed E-state index contributed by atoms with van der Waals surface area (Å²) in [5.74, 6) is -0.984. The zero-order valence-electron chi connectivity index (χ0n) is 8.49. The molecule has 1 fully saturated rings. The van der Waals surface area contributed by atoms with Crippen molar-refractivity contribution in [3.8, 4) is 0 Å². The number of carbonyl (C=O) groups is 1. The Morgan fingerprint density at radius 3 is 2.44 bits per heavy atom. The van der Waals surface area contributed by atoms with Gasteiger partial charge < -0.3 is 5.11 Å². The van der Waals surface area contributed by atoms with Gasteiger partial charge in [0.05, 0.1) is 5.92 Å². The number of likely N-dealkylation sites (tertiary alicyclic amines) is 1. The first-order chi connectivity index (χ1) is 7.58. The van der Waals surface area contributed by atoms with Crippen LogP contribution >= 0.6 is 23.2 Å². The molecule has 1 N–H and O–H groups in total. The molecule has 1 saturated heterocycles. The molecule has 3 nitrogen and oxygen atoms in total. The van der Waals surface area contributed by atoms with Gasteiger partial charge in [0.25, 0.3) is 0 Å². The molecule has 0 unspecified atom stereocenters. The fourth-order valence-electron chi connectivity index (χ4n) is 1.76. The first kappa shape index (κ1) is 11.7. The van der Waals surface area contributed by atoms with Gasteiger partial charge in [0, 0.05) is 35.2 Å². The summed E-state index contributed by atoms with van der Waals surface area (Å²) in [6.07, 6.45) is 0. The Bertz CT molecular complexity index is 396. The molecule has 1 aromatic rings. The van der Waals surface area contributed by atoms with Crippen molar-refractivity contribution in [2.24, 2.45) is 5.92 Å². The highest BCUT2D eigenvalue weighted by Crippen LogP contribution is 2.28. The van der Waals surface area contributed by atoms with Gasteiger partial charge in [-0.2, -0.15) is 0 Å². The van der Waals surface area contributed by atoms with Gasteiger partial charge in [-0.05, 0) is 12.1 Å². The minimum Gasteiger partial charge on any atom is -0.481 e. The van der Waals surface area contributed by atoms with E-state index < -0.39 is 5.97 Å². The molecule has 0 saturated carbocycles. The Kier molecular flexibility index (Phi) is 3.38. The monoisotopic (exact) mass is 259 g/mol. The van der Waals surface area contributed by atoms with Crippen LogP contribution < -0.4 is 0 Å². The molecular formula is C11H11Cl2NO2. The summed E-state index contributed by atoms with van der Waals surface area (Å²) in [7, 11) is 0. The van der Waals surface area contributed by atoms with Gasteiger partial charge in [0.2, 0.25) is 0 Å². The maximum absolute atomic E-state index is 10.6. The van der Waals surface area contributed by atoms with E-state index in [0.717, 1.165) is 5.56 Å². The molecule has 0 spiro atoms. The second-order valence-corrected chi connectivity index (χ2v) is 4.74. The molecule has 86 valence electrons. The Labute approximate surface area is 104 Å². The number of aliphatic carboxylic acids is 1. The van der Waals surface area contributed by atoms with Gasteiger partial charge in [-0.1, -0.05) is 29.3 Å². The Morgan fingerprint density at radius 2 is 1.94 bits per heavy atom. The third-order valence-electron chi connectivity index (χ3n) is 2.75. The van der Waals surface area contributed by atoms with E-state index in [1.165, 1.54) is 0 Å². The van der Waals surface area contributed by atoms with E-state index >= 15 is 0 Å². The van der Waals surface area contributed by atoms with Crippen molar-refractivity contribution in [3.05, 3.63) is 33.8 Å². The fraction of sp³-hybridized carbons (Fsp3) is 0.364. The summed E-state index contributed by atoms with van der Waals surface area (Å²) in [5, 5.41) is 10.0. The van der Waals surface area contributed by atoms with Crippen LogP contribution in [0.4, 0.5) is 0 Å². The number of carboxylic acid groups (broad SMARTS) is 1. The van der Waals surface area contributed by atoms with Gasteiger partial charge in [0.15, 0.2) is 0 Å². The Balaban J connectivity index is 1.99. The maximum Gasteiger partial charge on any atom is 0.309 e. The van der Waals surface area contributed by atoms with E-state index in [-0.39, 0.29) is 5.92 Å². The van der Waals surface area contributed by atoms with Gasteiger partial charge in [-0.3, -0.25) is 9.69 Å². The van der Waals surface area contributed by atoms with Crippen molar-refractivity contribution < 1.29 is 9.90 Å². The van der Waals surface area contributed by atoms with E-state index in [0.29, 0.717) is 29.7 Å². The standard InChI is InChI=1S/C11H11Cl2NO2/c12-9-2-1-3-10(13)8(9)6-14-4-7(5-14)11(15)16/h1-3,7H,4-6H2,(H,15,16). The molecule has 0 atom stereocenters. The average Bonchev–Trinajstić information content (AvgIpc) is 2.13. The molecule has 0 bridgehead atoms. The molecule has 16 heavy (non-hydrogen) atoms. The molecule has 0 aromatic heterocycles. The predicted octanol–water partition coefficient (Wildman–Crippen LogP) is 2.51. The highest BCUT2D eigenvalue weighted by atomic mass is 35.5. The van der Waals surface area contributed by atoms with Crippen molar-refractivity contribution in [1.29, 1.82) is 0 Å². The van der Waals surface area contributed by atoms with Crippen molar-refractivity contribution in [1.82, 2.24) is 4.90 Å². The zero-order valence-corrected chi connectivity index (χ0v) is 10.0. The van der Waals surface area contributed by atoms with Crippen LogP contribution in [0.2, 0.25) is 10.0 Å². The van der Waals surface area contributed by atoms with Crippen LogP contribution in [0.5, 0.6) is 0 Å². The molecule has 0 aliphatic carbocycles. The van der Waals surface area contributed by atoms with Crippen LogP contribution in [0.3, 0.4) is 0 Å². The van der Waals surface area contributed by atoms with E-state index in [9.17, 15) is 4.79 Å². The molecular weight excluding hydrogens is 249 g/mol. The van der Waals surface area contributed by atoms with Crippen LogP contribution in [0, 0.1) is 5.92 Å². The van der Waals surface area contributed by atoms with Crippen molar-refractivity contribution in [2.45, 2.75) is 6.54 Å². The molecule has 0 amide bonds. The molecule has 1 aliphatic rings. The highest BCUT2D eigenvalue weighted by molar-refractivity contribution is 6.35. The number of halogens is 2. The predicted molar refractivity (Wildman–Crippen MR) is 62.9 cm³/mol. The van der Waals surface area contributed by atoms with Crippen LogP contribution in [0.15, 0.2) is 18.2 Å². The smallest absolute Gasteiger partial charge is 0.309 e. The number of benzene rings is 1. The first-order valence-corrected chi connectivity index (χ1v) is 5.71. The quantitative estimate of drug-likeness (QED) is 0.907. The van der Waals surface area contributed by atoms with Crippen LogP contribution in [-0.2, 0) is 11.3 Å². The topological polar surface area (TPSA) is 40.5 Å². The van der Waals surface area contributed by atoms with Crippen LogP contribution in [0.1, 0.15) is 5.56 Å². The molecule has 1 aromatic carbocycles. The van der Waals surface area contributed by atoms with Crippen LogP contribution in [-0.4, -0.2) is 29.1 Å². The summed E-state index contributed by atoms with van der Waals surface area (Å²) < 4.78 is 0. The summed E-state index contributed by atoms with van der Waals surface area (Å²) >= 11 is 12.1. The first-order valence-electron chi connectivity index (χ1n) is 4.96. The van der Waals surface area contributed by atoms with Crippen molar-refractivity contribution in [3.63, 3.8) is 0 Å². The number of nitrogens with zero attached hydrogens (tertiary/aromatic N) is 1. The normalized spacial score (nSPS) is 17.1. The van der Waals surface area contributed by atoms with Gasteiger partial charge in [-0.25, -0.2) is 0 Å². The number of rotatable bonds is 3. The Morgan fingerprint density at radius 1 is 1.38 bits per heavy atom. The molecule has 1 heterocycles. The van der Waals surface area contributed by atoms with E-state index in [1.54, 1.807) is 18.2 Å². The fourth-order valence-corrected chi connectivity index (χ4v) is 2.28. The lowest BCUT2D eigenvalue weighted by molar-refractivity contribution is -0.147. The van der Waals surface area contributed by atoms with E-state index in [4.69, 9.17) is 28.3 Å². The van der Waals surface area contributed by atoms with Crippen molar-refractivity contribution in [2.75, 3.05) is 13.1 Å². The van der Waals surface area contributed by atoms with Crippen LogP contribution in [0.25, 0.3) is 0 Å². The number of hydrogen-bond acceptors (Lipinski definition) is 2. The SMILES string of the molecule is O=C(O)C1CN(Cc2c(Cl)cccc2Cl)C1. The van der Waals surface area contributed by atoms with E-state index in [1.807, 2.05) is 4.90 Å². The summed E-state index contributed by atoms with van der Waals surface area (Å²) in [6.45, 7) is 1.75. The number of carboxylic acids is 1. The molecule has 1 aliphatic heterocycles. The summed E-state index contributed by atoms with van der Waals surface area (Å²) in [5.41, 5.74) is 0.870. The zero-order chi connectivity index (χ0) is 11.7. The largest absolute Gasteiger partial charge is 0.481 e. The maximum atomic E-state index is 10.6. The van der Waals surface area contributed by atoms with E-state index in [2.05, 4.69) is 0 Å². The highest BCUT2D eigenvalue weighted by Gasteiger charge is 2.32. The summed E-state index contributed by atoms with van der Waals surface area (Å²) in [6, 6.07) is 5.37. The summed E-state index contributed by atoms with van der Waals surface area (Å²) in [4.78, 5) is 12.7. The molecule has 5 heteroatoms. The minimum absolute atomic E-state index is 0.249. The third-order valence-corrected chi connectivity index (χ3v) is 3.46. The minimum atomic E-state index is -0.735. The van der Waals surface area contributed by atoms with Crippen molar-refractivity contribution >= 4 is 29.2 Å². The molecule has 2 rings (SSSR count). The lowest BCUT2D eigenvalue weighted by Crippen LogP contribution is -2.49. The number of hydrogen-bond donors (Lipinski definition) is 1. The Hall–Kier alpha value is -0.770. The second-order valence-electron chi connectivity index (χ2n) is 3.93. The third kappa shape index (κ3) is 2.32. The van der Waals surface area contributed by atoms with Gasteiger partial charge >= 0.3 is 5.97 Å². The lowest BCUT2D eigenvalue weighted by Gasteiger charge is -2.36. The lowest BCUT2D eigenvalue weighted by atomic mass is 9.99. The second kappa shape index (κ2) is 4.62. The van der Waals surface area contributed by atoms with Gasteiger partial charge in [0.1, 0.15) is 0 Å². The average molecular weight is 260 g/mol.